The summed E-state index contributed by atoms with van der Waals surface area (Å²) in [6.45, 7) is 0. The predicted molar refractivity (Wildman–Crippen MR) is 49.2 cm³/mol. The van der Waals surface area contributed by atoms with Gasteiger partial charge in [-0.15, -0.1) is 0 Å². The Kier molecular flexibility index (Phi) is 1.63. The van der Waals surface area contributed by atoms with Crippen LogP contribution in [0.25, 0.3) is 11.0 Å². The summed E-state index contributed by atoms with van der Waals surface area (Å²) < 4.78 is 22.6. The minimum Gasteiger partial charge on any atom is -0.346 e. The lowest BCUT2D eigenvalue weighted by Gasteiger charge is -1.98. The van der Waals surface area contributed by atoms with Crippen LogP contribution < -0.4 is 0 Å². The van der Waals surface area contributed by atoms with E-state index in [2.05, 4.69) is 9.97 Å². The number of hydrogen-bond acceptors (Lipinski definition) is 3. The van der Waals surface area contributed by atoms with Gasteiger partial charge in [0.2, 0.25) is 0 Å². The second-order valence-electron chi connectivity index (χ2n) is 2.82. The van der Waals surface area contributed by atoms with Crippen LogP contribution in [-0.4, -0.2) is 24.6 Å². The molecule has 0 bridgehead atoms. The summed E-state index contributed by atoms with van der Waals surface area (Å²) in [5, 5.41) is 0.644. The highest BCUT2D eigenvalue weighted by molar-refractivity contribution is 7.91. The topological polar surface area (TPSA) is 62.8 Å². The van der Waals surface area contributed by atoms with E-state index in [1.165, 1.54) is 18.5 Å². The van der Waals surface area contributed by atoms with Crippen molar-refractivity contribution in [1.29, 1.82) is 0 Å². The van der Waals surface area contributed by atoms with Gasteiger partial charge in [-0.3, -0.25) is 0 Å². The summed E-state index contributed by atoms with van der Waals surface area (Å²) in [7, 11) is -3.16. The van der Waals surface area contributed by atoms with Crippen LogP contribution in [0.4, 0.5) is 0 Å². The lowest BCUT2D eigenvalue weighted by molar-refractivity contribution is 0.602. The molecule has 0 aromatic carbocycles. The Morgan fingerprint density at radius 1 is 1.38 bits per heavy atom. The third-order valence-corrected chi connectivity index (χ3v) is 2.97. The second kappa shape index (κ2) is 2.56. The Hall–Kier alpha value is -1.36. The van der Waals surface area contributed by atoms with Crippen molar-refractivity contribution >= 4 is 20.9 Å². The average Bonchev–Trinajstić information content (AvgIpc) is 2.48. The van der Waals surface area contributed by atoms with Gasteiger partial charge in [-0.2, -0.15) is 0 Å². The molecule has 2 rings (SSSR count). The van der Waals surface area contributed by atoms with Gasteiger partial charge in [0.25, 0.3) is 0 Å². The largest absolute Gasteiger partial charge is 0.346 e. The number of pyridine rings is 1. The quantitative estimate of drug-likeness (QED) is 0.739. The third-order valence-electron chi connectivity index (χ3n) is 1.82. The number of hydrogen-bond donors (Lipinski definition) is 1. The van der Waals surface area contributed by atoms with Crippen molar-refractivity contribution in [2.75, 3.05) is 6.26 Å². The highest BCUT2D eigenvalue weighted by atomic mass is 32.2. The molecule has 0 atom stereocenters. The van der Waals surface area contributed by atoms with Crippen LogP contribution >= 0.6 is 0 Å². The van der Waals surface area contributed by atoms with Gasteiger partial charge in [-0.25, -0.2) is 13.4 Å². The smallest absolute Gasteiger partial charge is 0.176 e. The Morgan fingerprint density at radius 2 is 2.15 bits per heavy atom. The first-order valence-corrected chi connectivity index (χ1v) is 5.60. The van der Waals surface area contributed by atoms with Crippen molar-refractivity contribution in [2.24, 2.45) is 0 Å². The van der Waals surface area contributed by atoms with E-state index in [0.29, 0.717) is 15.9 Å². The Bertz CT molecular complexity index is 542. The average molecular weight is 196 g/mol. The van der Waals surface area contributed by atoms with E-state index in [-0.39, 0.29) is 0 Å². The Labute approximate surface area is 75.5 Å². The monoisotopic (exact) mass is 196 g/mol. The number of H-pyrrole nitrogens is 1. The number of rotatable bonds is 1. The Balaban J connectivity index is 2.91. The summed E-state index contributed by atoms with van der Waals surface area (Å²) >= 11 is 0. The van der Waals surface area contributed by atoms with Crippen molar-refractivity contribution in [2.45, 2.75) is 4.90 Å². The first kappa shape index (κ1) is 8.25. The molecular weight excluding hydrogens is 188 g/mol. The second-order valence-corrected chi connectivity index (χ2v) is 4.81. The molecule has 5 heteroatoms. The molecule has 0 spiro atoms. The molecule has 2 aromatic rings. The number of aromatic amines is 1. The normalized spacial score (nSPS) is 12.1. The van der Waals surface area contributed by atoms with Gasteiger partial charge in [0, 0.05) is 24.0 Å². The molecule has 0 aliphatic carbocycles. The highest BCUT2D eigenvalue weighted by Crippen LogP contribution is 2.19. The number of sulfone groups is 1. The zero-order valence-corrected chi connectivity index (χ0v) is 7.80. The van der Waals surface area contributed by atoms with E-state index >= 15 is 0 Å². The fourth-order valence-corrected chi connectivity index (χ4v) is 2.13. The van der Waals surface area contributed by atoms with Gasteiger partial charge < -0.3 is 4.98 Å². The first-order chi connectivity index (χ1) is 6.09. The molecule has 0 fully saturated rings. The molecule has 2 heterocycles. The van der Waals surface area contributed by atoms with E-state index in [1.54, 1.807) is 12.3 Å². The maximum atomic E-state index is 11.3. The van der Waals surface area contributed by atoms with E-state index < -0.39 is 9.84 Å². The molecule has 0 amide bonds. The molecule has 2 aromatic heterocycles. The summed E-state index contributed by atoms with van der Waals surface area (Å²) in [6.07, 6.45) is 4.34. The number of fused-ring (bicyclic) bond motifs is 1. The maximum absolute atomic E-state index is 11.3. The molecule has 13 heavy (non-hydrogen) atoms. The van der Waals surface area contributed by atoms with Gasteiger partial charge in [0.15, 0.2) is 9.84 Å². The SMILES string of the molecule is CS(=O)(=O)c1ccnc2[nH]ccc12. The zero-order valence-electron chi connectivity index (χ0n) is 6.98. The molecule has 4 nitrogen and oxygen atoms in total. The summed E-state index contributed by atoms with van der Waals surface area (Å²) in [5.74, 6) is 0. The fraction of sp³-hybridized carbons (Fsp3) is 0.125. The molecule has 68 valence electrons. The number of nitrogens with zero attached hydrogens (tertiary/aromatic N) is 1. The van der Waals surface area contributed by atoms with E-state index in [0.717, 1.165) is 0 Å². The van der Waals surface area contributed by atoms with Crippen molar-refractivity contribution in [3.8, 4) is 0 Å². The third kappa shape index (κ3) is 1.31. The molecule has 1 N–H and O–H groups in total. The standard InChI is InChI=1S/C8H8N2O2S/c1-13(11,12)7-3-5-10-8-6(7)2-4-9-8/h2-5H,1H3,(H,9,10). The van der Waals surface area contributed by atoms with Crippen molar-refractivity contribution in [1.82, 2.24) is 9.97 Å². The summed E-state index contributed by atoms with van der Waals surface area (Å²) in [4.78, 5) is 7.17. The van der Waals surface area contributed by atoms with Gasteiger partial charge in [-0.1, -0.05) is 0 Å². The maximum Gasteiger partial charge on any atom is 0.176 e. The van der Waals surface area contributed by atoms with Gasteiger partial charge in [-0.05, 0) is 12.1 Å². The molecule has 0 aliphatic heterocycles. The van der Waals surface area contributed by atoms with Crippen LogP contribution in [-0.2, 0) is 9.84 Å². The van der Waals surface area contributed by atoms with Crippen LogP contribution in [0.5, 0.6) is 0 Å². The van der Waals surface area contributed by atoms with Gasteiger partial charge >= 0.3 is 0 Å². The van der Waals surface area contributed by atoms with Crippen molar-refractivity contribution in [3.05, 3.63) is 24.5 Å². The highest BCUT2D eigenvalue weighted by Gasteiger charge is 2.11. The number of aromatic nitrogens is 2. The number of nitrogens with one attached hydrogen (secondary N) is 1. The minimum atomic E-state index is -3.16. The molecule has 0 radical (unpaired) electrons. The van der Waals surface area contributed by atoms with Crippen LogP contribution in [0, 0.1) is 0 Å². The zero-order chi connectivity index (χ0) is 9.47. The lowest BCUT2D eigenvalue weighted by atomic mass is 10.3. The molecule has 0 aliphatic rings. The van der Waals surface area contributed by atoms with E-state index in [9.17, 15) is 8.42 Å². The summed E-state index contributed by atoms with van der Waals surface area (Å²) in [6, 6.07) is 3.21. The molecule has 0 saturated carbocycles. The van der Waals surface area contributed by atoms with Crippen LogP contribution in [0.2, 0.25) is 0 Å². The van der Waals surface area contributed by atoms with E-state index in [4.69, 9.17) is 0 Å². The van der Waals surface area contributed by atoms with Crippen molar-refractivity contribution < 1.29 is 8.42 Å². The van der Waals surface area contributed by atoms with Crippen LogP contribution in [0.15, 0.2) is 29.4 Å². The first-order valence-electron chi connectivity index (χ1n) is 3.71. The molecule has 0 unspecified atom stereocenters. The van der Waals surface area contributed by atoms with Crippen molar-refractivity contribution in [3.63, 3.8) is 0 Å². The molecular formula is C8H8N2O2S. The lowest BCUT2D eigenvalue weighted by Crippen LogP contribution is -1.97. The molecule has 0 saturated heterocycles. The fourth-order valence-electron chi connectivity index (χ4n) is 1.26. The summed E-state index contributed by atoms with van der Waals surface area (Å²) in [5.41, 5.74) is 0.600. The van der Waals surface area contributed by atoms with Crippen LogP contribution in [0.3, 0.4) is 0 Å². The van der Waals surface area contributed by atoms with Gasteiger partial charge in [0.05, 0.1) is 4.90 Å². The minimum absolute atomic E-state index is 0.318. The Morgan fingerprint density at radius 3 is 2.85 bits per heavy atom. The van der Waals surface area contributed by atoms with E-state index in [1.807, 2.05) is 0 Å². The predicted octanol–water partition coefficient (Wildman–Crippen LogP) is 0.966. The van der Waals surface area contributed by atoms with Crippen LogP contribution in [0.1, 0.15) is 0 Å². The van der Waals surface area contributed by atoms with Gasteiger partial charge in [0.1, 0.15) is 5.65 Å².